The quantitative estimate of drug-likeness (QED) is 0.645. The lowest BCUT2D eigenvalue weighted by molar-refractivity contribution is -0.142. The molecule has 0 aromatic carbocycles. The highest BCUT2D eigenvalue weighted by molar-refractivity contribution is 7.87. The number of likely N-dealkylation sites (N-methyl/N-ethyl adjacent to an activating group) is 1. The molecule has 0 aromatic heterocycles. The Kier molecular flexibility index (Phi) is 7.58. The van der Waals surface area contributed by atoms with E-state index in [0.717, 1.165) is 30.2 Å². The molecule has 0 spiro atoms. The van der Waals surface area contributed by atoms with E-state index in [9.17, 15) is 13.2 Å². The normalized spacial score (nSPS) is 20.8. The first-order chi connectivity index (χ1) is 9.92. The van der Waals surface area contributed by atoms with Crippen LogP contribution in [-0.2, 0) is 15.0 Å². The van der Waals surface area contributed by atoms with E-state index in [1.165, 1.54) is 0 Å². The third-order valence-electron chi connectivity index (χ3n) is 3.75. The van der Waals surface area contributed by atoms with Crippen molar-refractivity contribution in [3.8, 4) is 0 Å². The molecule has 0 bridgehead atoms. The molecule has 2 N–H and O–H groups in total. The van der Waals surface area contributed by atoms with Crippen molar-refractivity contribution in [2.24, 2.45) is 0 Å². The number of carboxylic acids is 1. The van der Waals surface area contributed by atoms with E-state index < -0.39 is 22.2 Å². The largest absolute Gasteiger partial charge is 0.480 e. The molecular formula is C13H27N3O4S. The molecule has 0 amide bonds. The number of hydrogen-bond donors (Lipinski definition) is 2. The van der Waals surface area contributed by atoms with Crippen LogP contribution in [0.1, 0.15) is 39.5 Å². The van der Waals surface area contributed by atoms with E-state index in [1.807, 2.05) is 6.92 Å². The van der Waals surface area contributed by atoms with E-state index in [2.05, 4.69) is 16.5 Å². The molecule has 0 saturated carbocycles. The number of rotatable bonds is 9. The summed E-state index contributed by atoms with van der Waals surface area (Å²) in [7, 11) is -3.72. The summed E-state index contributed by atoms with van der Waals surface area (Å²) < 4.78 is 28.1. The standard InChI is InChI=1S/C13H27N3O4S/c1-3-9-15(4-2)11-8-14-21(19,20)16-10-6-5-7-12(16)13(17)18/h12,14H,3-11H2,1-2H3,(H,17,18). The van der Waals surface area contributed by atoms with E-state index in [1.54, 1.807) is 0 Å². The smallest absolute Gasteiger partial charge is 0.322 e. The molecule has 0 aliphatic carbocycles. The summed E-state index contributed by atoms with van der Waals surface area (Å²) in [5, 5.41) is 9.15. The van der Waals surface area contributed by atoms with Gasteiger partial charge in [-0.3, -0.25) is 4.79 Å². The Morgan fingerprint density at radius 2 is 2.05 bits per heavy atom. The van der Waals surface area contributed by atoms with Crippen LogP contribution in [0.3, 0.4) is 0 Å². The first-order valence-electron chi connectivity index (χ1n) is 7.64. The Balaban J connectivity index is 2.57. The Hall–Kier alpha value is -0.700. The average Bonchev–Trinajstić information content (AvgIpc) is 2.46. The van der Waals surface area contributed by atoms with Crippen molar-refractivity contribution < 1.29 is 18.3 Å². The van der Waals surface area contributed by atoms with Crippen molar-refractivity contribution in [1.82, 2.24) is 13.9 Å². The fraction of sp³-hybridized carbons (Fsp3) is 0.923. The molecule has 124 valence electrons. The first kappa shape index (κ1) is 18.3. The van der Waals surface area contributed by atoms with E-state index in [4.69, 9.17) is 5.11 Å². The van der Waals surface area contributed by atoms with Gasteiger partial charge in [0, 0.05) is 19.6 Å². The van der Waals surface area contributed by atoms with Gasteiger partial charge in [0.05, 0.1) is 0 Å². The van der Waals surface area contributed by atoms with Crippen LogP contribution in [0.4, 0.5) is 0 Å². The number of hydrogen-bond acceptors (Lipinski definition) is 4. The van der Waals surface area contributed by atoms with Crippen LogP contribution in [0, 0.1) is 0 Å². The molecule has 1 atom stereocenters. The van der Waals surface area contributed by atoms with Crippen molar-refractivity contribution in [2.45, 2.75) is 45.6 Å². The van der Waals surface area contributed by atoms with Crippen LogP contribution in [0.5, 0.6) is 0 Å². The van der Waals surface area contributed by atoms with Crippen LogP contribution in [0.25, 0.3) is 0 Å². The molecule has 8 heteroatoms. The maximum Gasteiger partial charge on any atom is 0.322 e. The van der Waals surface area contributed by atoms with Crippen molar-refractivity contribution in [2.75, 3.05) is 32.7 Å². The second-order valence-corrected chi connectivity index (χ2v) is 7.00. The molecule has 21 heavy (non-hydrogen) atoms. The number of nitrogens with one attached hydrogen (secondary N) is 1. The van der Waals surface area contributed by atoms with Crippen LogP contribution in [0.2, 0.25) is 0 Å². The molecule has 1 unspecified atom stereocenters. The molecule has 1 saturated heterocycles. The van der Waals surface area contributed by atoms with Gasteiger partial charge in [0.15, 0.2) is 0 Å². The molecule has 1 heterocycles. The van der Waals surface area contributed by atoms with E-state index >= 15 is 0 Å². The minimum atomic E-state index is -3.72. The fourth-order valence-electron chi connectivity index (χ4n) is 2.60. The van der Waals surface area contributed by atoms with Crippen LogP contribution < -0.4 is 4.72 Å². The zero-order chi connectivity index (χ0) is 15.9. The minimum Gasteiger partial charge on any atom is -0.480 e. The topological polar surface area (TPSA) is 90.0 Å². The van der Waals surface area contributed by atoms with Gasteiger partial charge in [0.25, 0.3) is 10.2 Å². The molecule has 1 rings (SSSR count). The molecule has 1 aliphatic heterocycles. The highest BCUT2D eigenvalue weighted by Gasteiger charge is 2.36. The Labute approximate surface area is 127 Å². The minimum absolute atomic E-state index is 0.277. The zero-order valence-electron chi connectivity index (χ0n) is 12.9. The van der Waals surface area contributed by atoms with Crippen molar-refractivity contribution in [3.05, 3.63) is 0 Å². The molecule has 1 aliphatic rings. The van der Waals surface area contributed by atoms with Gasteiger partial charge in [-0.05, 0) is 38.8 Å². The van der Waals surface area contributed by atoms with Crippen LogP contribution in [0.15, 0.2) is 0 Å². The third-order valence-corrected chi connectivity index (χ3v) is 5.37. The van der Waals surface area contributed by atoms with Gasteiger partial charge in [-0.15, -0.1) is 0 Å². The summed E-state index contributed by atoms with van der Waals surface area (Å²) in [5.41, 5.74) is 0. The summed E-state index contributed by atoms with van der Waals surface area (Å²) in [6.45, 7) is 7.14. The summed E-state index contributed by atoms with van der Waals surface area (Å²) in [5.74, 6) is -1.07. The predicted octanol–water partition coefficient (Wildman–Crippen LogP) is 0.492. The second kappa shape index (κ2) is 8.67. The van der Waals surface area contributed by atoms with E-state index in [-0.39, 0.29) is 6.54 Å². The van der Waals surface area contributed by atoms with Gasteiger partial charge >= 0.3 is 5.97 Å². The number of piperidine rings is 1. The first-order valence-corrected chi connectivity index (χ1v) is 9.08. The fourth-order valence-corrected chi connectivity index (χ4v) is 4.01. The lowest BCUT2D eigenvalue weighted by Gasteiger charge is -2.32. The summed E-state index contributed by atoms with van der Waals surface area (Å²) in [4.78, 5) is 13.3. The van der Waals surface area contributed by atoms with E-state index in [0.29, 0.717) is 25.9 Å². The second-order valence-electron chi connectivity index (χ2n) is 5.29. The number of aliphatic carboxylic acids is 1. The summed E-state index contributed by atoms with van der Waals surface area (Å²) in [6.07, 6.45) is 2.87. The molecule has 7 nitrogen and oxygen atoms in total. The summed E-state index contributed by atoms with van der Waals surface area (Å²) in [6, 6.07) is -0.936. The highest BCUT2D eigenvalue weighted by atomic mass is 32.2. The number of carbonyl (C=O) groups is 1. The zero-order valence-corrected chi connectivity index (χ0v) is 13.7. The average molecular weight is 321 g/mol. The van der Waals surface area contributed by atoms with Crippen LogP contribution in [-0.4, -0.2) is 67.5 Å². The molecule has 0 radical (unpaired) electrons. The summed E-state index contributed by atoms with van der Waals surface area (Å²) >= 11 is 0. The monoisotopic (exact) mass is 321 g/mol. The molecular weight excluding hydrogens is 294 g/mol. The van der Waals surface area contributed by atoms with Gasteiger partial charge in [0.2, 0.25) is 0 Å². The van der Waals surface area contributed by atoms with Gasteiger partial charge < -0.3 is 10.0 Å². The van der Waals surface area contributed by atoms with Gasteiger partial charge in [-0.1, -0.05) is 13.8 Å². The van der Waals surface area contributed by atoms with Crippen molar-refractivity contribution in [1.29, 1.82) is 0 Å². The molecule has 1 fully saturated rings. The SMILES string of the molecule is CCCN(CC)CCNS(=O)(=O)N1CCCCC1C(=O)O. The van der Waals surface area contributed by atoms with Gasteiger partial charge in [-0.2, -0.15) is 12.7 Å². The Bertz CT molecular complexity index is 427. The number of carboxylic acid groups (broad SMARTS) is 1. The van der Waals surface area contributed by atoms with Crippen molar-refractivity contribution >= 4 is 16.2 Å². The third kappa shape index (κ3) is 5.54. The Morgan fingerprint density at radius 3 is 2.62 bits per heavy atom. The number of nitrogens with zero attached hydrogens (tertiary/aromatic N) is 2. The van der Waals surface area contributed by atoms with Crippen LogP contribution >= 0.6 is 0 Å². The lowest BCUT2D eigenvalue weighted by Crippen LogP contribution is -2.53. The van der Waals surface area contributed by atoms with Crippen molar-refractivity contribution in [3.63, 3.8) is 0 Å². The maximum absolute atomic E-state index is 12.3. The maximum atomic E-state index is 12.3. The van der Waals surface area contributed by atoms with Gasteiger partial charge in [-0.25, -0.2) is 4.72 Å². The highest BCUT2D eigenvalue weighted by Crippen LogP contribution is 2.19. The predicted molar refractivity (Wildman–Crippen MR) is 81.3 cm³/mol. The molecule has 0 aromatic rings. The lowest BCUT2D eigenvalue weighted by atomic mass is 10.1. The van der Waals surface area contributed by atoms with Gasteiger partial charge in [0.1, 0.15) is 6.04 Å². The Morgan fingerprint density at radius 1 is 1.33 bits per heavy atom.